The van der Waals surface area contributed by atoms with Gasteiger partial charge in [0.25, 0.3) is 0 Å². The minimum Gasteiger partial charge on any atom is -0.394 e. The van der Waals surface area contributed by atoms with Crippen molar-refractivity contribution in [2.45, 2.75) is 92.0 Å². The topological polar surface area (TPSA) is 262 Å². The first-order valence-electron chi connectivity index (χ1n) is 10.2. The fourth-order valence-electron chi connectivity index (χ4n) is 4.13. The third kappa shape index (κ3) is 5.02. The van der Waals surface area contributed by atoms with Gasteiger partial charge in [-0.15, -0.1) is 0 Å². The summed E-state index contributed by atoms with van der Waals surface area (Å²) in [6, 6.07) is -3.76. The van der Waals surface area contributed by atoms with E-state index < -0.39 is 92.2 Å². The minimum atomic E-state index is -1.44. The molecule has 0 aromatic rings. The van der Waals surface area contributed by atoms with Crippen molar-refractivity contribution in [1.82, 2.24) is 0 Å². The van der Waals surface area contributed by atoms with E-state index in [1.54, 1.807) is 0 Å². The highest BCUT2D eigenvalue weighted by Crippen LogP contribution is 2.30. The zero-order valence-corrected chi connectivity index (χ0v) is 16.8. The fourth-order valence-corrected chi connectivity index (χ4v) is 4.13. The van der Waals surface area contributed by atoms with Crippen molar-refractivity contribution in [2.75, 3.05) is 13.2 Å². The fraction of sp³-hybridized carbons (Fsp3) is 1.00. The van der Waals surface area contributed by atoms with Gasteiger partial charge in [0.2, 0.25) is 0 Å². The van der Waals surface area contributed by atoms with Crippen molar-refractivity contribution >= 4 is 0 Å². The van der Waals surface area contributed by atoms with E-state index in [2.05, 4.69) is 0 Å². The van der Waals surface area contributed by atoms with Crippen LogP contribution in [0.15, 0.2) is 0 Å². The van der Waals surface area contributed by atoms with E-state index in [1.165, 1.54) is 0 Å². The second-order valence-corrected chi connectivity index (χ2v) is 8.38. The van der Waals surface area contributed by atoms with Gasteiger partial charge in [0, 0.05) is 12.1 Å². The van der Waals surface area contributed by atoms with Gasteiger partial charge < -0.3 is 72.5 Å². The van der Waals surface area contributed by atoms with Crippen molar-refractivity contribution < 1.29 is 49.6 Å². The lowest BCUT2D eigenvalue weighted by atomic mass is 9.84. The lowest BCUT2D eigenvalue weighted by molar-refractivity contribution is -0.306. The third-order valence-electron chi connectivity index (χ3n) is 6.11. The molecule has 2 saturated heterocycles. The molecule has 1 saturated carbocycles. The zero-order chi connectivity index (χ0) is 23.0. The Balaban J connectivity index is 1.70. The predicted octanol–water partition coefficient (Wildman–Crippen LogP) is -6.65. The summed E-state index contributed by atoms with van der Waals surface area (Å²) in [4.78, 5) is 0. The molecule has 14 atom stereocenters. The molecule has 0 aromatic carbocycles. The van der Waals surface area contributed by atoms with E-state index in [0.717, 1.165) is 0 Å². The summed E-state index contributed by atoms with van der Waals surface area (Å²) in [6.45, 7) is -0.809. The number of hydrogen-bond acceptors (Lipinski definition) is 14. The molecule has 3 rings (SSSR count). The standard InChI is InChI=1S/C17H34N4O10/c18-4-1-5(19)15(31-17-9(21)12(26)11(25)7(2-22)29-17)13(27)14(4)30-16-8(20)10(24)6(23)3-28-16/h4-17,22-27H,1-3,18-21H2. The Labute approximate surface area is 178 Å². The predicted molar refractivity (Wildman–Crippen MR) is 102 cm³/mol. The smallest absolute Gasteiger partial charge is 0.176 e. The molecule has 14 unspecified atom stereocenters. The summed E-state index contributed by atoms with van der Waals surface area (Å²) >= 11 is 0. The van der Waals surface area contributed by atoms with Crippen molar-refractivity contribution in [3.05, 3.63) is 0 Å². The van der Waals surface area contributed by atoms with Crippen molar-refractivity contribution in [3.8, 4) is 0 Å². The van der Waals surface area contributed by atoms with Crippen LogP contribution >= 0.6 is 0 Å². The summed E-state index contributed by atoms with van der Waals surface area (Å²) in [7, 11) is 0. The summed E-state index contributed by atoms with van der Waals surface area (Å²) in [5.41, 5.74) is 24.0. The highest BCUT2D eigenvalue weighted by atomic mass is 16.7. The number of aliphatic hydroxyl groups excluding tert-OH is 6. The molecular weight excluding hydrogens is 420 g/mol. The molecule has 14 nitrogen and oxygen atoms in total. The maximum absolute atomic E-state index is 10.9. The van der Waals surface area contributed by atoms with Gasteiger partial charge in [-0.3, -0.25) is 0 Å². The molecule has 0 amide bonds. The van der Waals surface area contributed by atoms with E-state index in [4.69, 9.17) is 41.9 Å². The van der Waals surface area contributed by atoms with Gasteiger partial charge in [0.05, 0.1) is 25.3 Å². The molecule has 14 N–H and O–H groups in total. The van der Waals surface area contributed by atoms with Gasteiger partial charge in [0.15, 0.2) is 12.6 Å². The summed E-state index contributed by atoms with van der Waals surface area (Å²) in [5.74, 6) is 0. The summed E-state index contributed by atoms with van der Waals surface area (Å²) in [5, 5.41) is 59.8. The molecule has 1 aliphatic carbocycles. The third-order valence-corrected chi connectivity index (χ3v) is 6.11. The van der Waals surface area contributed by atoms with Gasteiger partial charge >= 0.3 is 0 Å². The van der Waals surface area contributed by atoms with E-state index >= 15 is 0 Å². The quantitative estimate of drug-likeness (QED) is 0.185. The van der Waals surface area contributed by atoms with Crippen molar-refractivity contribution in [2.24, 2.45) is 22.9 Å². The molecule has 182 valence electrons. The number of rotatable bonds is 5. The second-order valence-electron chi connectivity index (χ2n) is 8.38. The van der Waals surface area contributed by atoms with Gasteiger partial charge in [-0.05, 0) is 6.42 Å². The molecule has 3 aliphatic rings. The molecule has 0 aromatic heterocycles. The molecule has 3 fully saturated rings. The highest BCUT2D eigenvalue weighted by molar-refractivity contribution is 5.01. The molecule has 0 radical (unpaired) electrons. The first-order valence-corrected chi connectivity index (χ1v) is 10.2. The van der Waals surface area contributed by atoms with Gasteiger partial charge in [-0.2, -0.15) is 0 Å². The van der Waals surface area contributed by atoms with E-state index in [9.17, 15) is 30.6 Å². The van der Waals surface area contributed by atoms with Crippen LogP contribution in [0.4, 0.5) is 0 Å². The molecule has 2 heterocycles. The number of hydrogen-bond donors (Lipinski definition) is 10. The largest absolute Gasteiger partial charge is 0.394 e. The van der Waals surface area contributed by atoms with Gasteiger partial charge in [0.1, 0.15) is 48.8 Å². The molecule has 0 bridgehead atoms. The molecule has 31 heavy (non-hydrogen) atoms. The Hall–Kier alpha value is -0.560. The average Bonchev–Trinajstić information content (AvgIpc) is 2.73. The van der Waals surface area contributed by atoms with Crippen LogP contribution in [-0.4, -0.2) is 129 Å². The maximum Gasteiger partial charge on any atom is 0.176 e. The summed E-state index contributed by atoms with van der Waals surface area (Å²) < 4.78 is 22.2. The Bertz CT molecular complexity index is 591. The minimum absolute atomic E-state index is 0.163. The molecular formula is C17H34N4O10. The van der Waals surface area contributed by atoms with E-state index in [1.807, 2.05) is 0 Å². The van der Waals surface area contributed by atoms with Crippen LogP contribution in [0.1, 0.15) is 6.42 Å². The van der Waals surface area contributed by atoms with Crippen LogP contribution in [0.3, 0.4) is 0 Å². The van der Waals surface area contributed by atoms with E-state index in [-0.39, 0.29) is 13.0 Å². The molecule has 0 spiro atoms. The lowest BCUT2D eigenvalue weighted by Gasteiger charge is -2.47. The summed E-state index contributed by atoms with van der Waals surface area (Å²) in [6.07, 6.45) is -12.3. The first-order chi connectivity index (χ1) is 14.6. The SMILES string of the molecule is NC1CC(N)C(OC2OC(CO)C(O)C(O)C2N)C(O)C1OC1OCC(O)C(O)C1N. The van der Waals surface area contributed by atoms with Crippen LogP contribution < -0.4 is 22.9 Å². The van der Waals surface area contributed by atoms with Gasteiger partial charge in [-0.25, -0.2) is 0 Å². The Kier molecular flexibility index (Phi) is 8.21. The van der Waals surface area contributed by atoms with Crippen molar-refractivity contribution in [3.63, 3.8) is 0 Å². The van der Waals surface area contributed by atoms with Crippen LogP contribution in [0.5, 0.6) is 0 Å². The molecule has 14 heteroatoms. The maximum atomic E-state index is 10.9. The first kappa shape index (κ1) is 25.1. The van der Waals surface area contributed by atoms with E-state index in [0.29, 0.717) is 0 Å². The monoisotopic (exact) mass is 454 g/mol. The van der Waals surface area contributed by atoms with Crippen molar-refractivity contribution in [1.29, 1.82) is 0 Å². The van der Waals surface area contributed by atoms with Gasteiger partial charge in [-0.1, -0.05) is 0 Å². The second kappa shape index (κ2) is 10.1. The van der Waals surface area contributed by atoms with Crippen LogP contribution in [0, 0.1) is 0 Å². The number of aliphatic hydroxyl groups is 6. The Morgan fingerprint density at radius 2 is 1.29 bits per heavy atom. The van der Waals surface area contributed by atoms with Crippen LogP contribution in [0.2, 0.25) is 0 Å². The molecule has 2 aliphatic heterocycles. The Morgan fingerprint density at radius 1 is 0.742 bits per heavy atom. The van der Waals surface area contributed by atoms with Crippen LogP contribution in [0.25, 0.3) is 0 Å². The number of ether oxygens (including phenoxy) is 4. The van der Waals surface area contributed by atoms with Crippen LogP contribution in [-0.2, 0) is 18.9 Å². The Morgan fingerprint density at radius 3 is 1.87 bits per heavy atom. The zero-order valence-electron chi connectivity index (χ0n) is 16.8. The normalized spacial score (nSPS) is 54.0. The number of nitrogens with two attached hydrogens (primary N) is 4. The average molecular weight is 454 g/mol. The lowest BCUT2D eigenvalue weighted by Crippen LogP contribution is -2.68. The highest BCUT2D eigenvalue weighted by Gasteiger charge is 2.50.